The van der Waals surface area contributed by atoms with Crippen LogP contribution in [0.25, 0.3) is 28.1 Å². The van der Waals surface area contributed by atoms with Crippen LogP contribution < -0.4 is 11.4 Å². The van der Waals surface area contributed by atoms with Gasteiger partial charge in [0.1, 0.15) is 22.9 Å². The van der Waals surface area contributed by atoms with Crippen LogP contribution in [0.1, 0.15) is 109 Å². The molecule has 4 aliphatic rings. The first-order valence-electron chi connectivity index (χ1n) is 22.2. The predicted molar refractivity (Wildman–Crippen MR) is 241 cm³/mol. The van der Waals surface area contributed by atoms with E-state index in [0.717, 1.165) is 29.3 Å². The lowest BCUT2D eigenvalue weighted by Gasteiger charge is -2.35. The van der Waals surface area contributed by atoms with Crippen molar-refractivity contribution in [3.05, 3.63) is 139 Å². The minimum Gasteiger partial charge on any atom is -0.376 e. The standard InChI is InChI=1S/C48H49F2N9O6S/c1-25-18-32(19-26(2)40(25)49)59-42(57-16-15-56(46(57)62)36-10-11-38-33(41(36)50)24-51-66(38,7)63)39-28(4)55(14-12-34(39)53-59)43(60)37-21-31-20-29(30-13-17-64-47(5,6)23-30)8-9-35(31)58(37)48(22-27(48)3)44-52-45(61)65-54-44/h8-11,15-16,18-21,27-28,30H,12-14,17,22-24H2,1-7H3,(H,52,54,61)/t27-,28-,30-,48-,66+/m0/s1. The number of hydrogen-bond acceptors (Lipinski definition) is 9. The lowest BCUT2D eigenvalue weighted by atomic mass is 9.83. The SMILES string of the molecule is Cc1cc(-n2nc3c(c2-n2ccn(-c4ccc5c(c4F)CN=[S@]5(C)=O)c2=O)[C@H](C)N(C(=O)c2cc4cc([C@H]5CCOC(C)(C)C5)ccc4n2[C@@]2(c4noc(=O)[nH]4)C[C@@H]2C)CC3)cc(C)c1F. The van der Waals surface area contributed by atoms with E-state index in [4.69, 9.17) is 14.4 Å². The van der Waals surface area contributed by atoms with E-state index in [1.165, 1.54) is 33.9 Å². The third-order valence-electron chi connectivity index (χ3n) is 14.4. The summed E-state index contributed by atoms with van der Waals surface area (Å²) in [4.78, 5) is 47.6. The third kappa shape index (κ3) is 6.27. The Bertz CT molecular complexity index is 3450. The van der Waals surface area contributed by atoms with Crippen molar-refractivity contribution in [2.24, 2.45) is 10.3 Å². The van der Waals surface area contributed by atoms with E-state index in [1.54, 1.807) is 41.6 Å². The summed E-state index contributed by atoms with van der Waals surface area (Å²) in [6.45, 7) is 12.3. The number of carbonyl (C=O) groups excluding carboxylic acids is 1. The summed E-state index contributed by atoms with van der Waals surface area (Å²) in [5, 5.41) is 10.1. The van der Waals surface area contributed by atoms with Crippen LogP contribution in [0.3, 0.4) is 0 Å². The maximum absolute atomic E-state index is 16.2. The molecule has 0 spiro atoms. The molecule has 3 aromatic carbocycles. The highest BCUT2D eigenvalue weighted by Gasteiger charge is 2.59. The van der Waals surface area contributed by atoms with Crippen molar-refractivity contribution in [1.82, 2.24) is 38.5 Å². The molecule has 1 aliphatic carbocycles. The lowest BCUT2D eigenvalue weighted by Crippen LogP contribution is -2.41. The van der Waals surface area contributed by atoms with Gasteiger partial charge in [0.05, 0.1) is 49.9 Å². The molecule has 11 rings (SSSR count). The second kappa shape index (κ2) is 14.5. The second-order valence-electron chi connectivity index (χ2n) is 19.2. The van der Waals surface area contributed by atoms with Crippen LogP contribution in [-0.4, -0.2) is 73.6 Å². The number of fused-ring (bicyclic) bond motifs is 3. The summed E-state index contributed by atoms with van der Waals surface area (Å²) < 4.78 is 65.8. The van der Waals surface area contributed by atoms with Crippen LogP contribution in [0.15, 0.2) is 84.3 Å². The summed E-state index contributed by atoms with van der Waals surface area (Å²) in [5.74, 6) is -1.12. The van der Waals surface area contributed by atoms with E-state index in [1.807, 2.05) is 17.6 Å². The Balaban J connectivity index is 1.05. The van der Waals surface area contributed by atoms with Gasteiger partial charge >= 0.3 is 11.4 Å². The molecule has 1 amide bonds. The average molecular weight is 918 g/mol. The number of benzene rings is 3. The molecule has 66 heavy (non-hydrogen) atoms. The number of halogens is 2. The quantitative estimate of drug-likeness (QED) is 0.171. The summed E-state index contributed by atoms with van der Waals surface area (Å²) in [6.07, 6.45) is 7.09. The number of rotatable bonds is 7. The van der Waals surface area contributed by atoms with E-state index in [9.17, 15) is 13.8 Å². The molecule has 1 saturated heterocycles. The van der Waals surface area contributed by atoms with Gasteiger partial charge in [-0.05, 0) is 125 Å². The first-order valence-corrected chi connectivity index (χ1v) is 24.2. The van der Waals surface area contributed by atoms with Crippen LogP contribution in [0.5, 0.6) is 0 Å². The molecule has 0 bridgehead atoms. The van der Waals surface area contributed by atoms with E-state index >= 15 is 13.6 Å². The zero-order chi connectivity index (χ0) is 46.4. The van der Waals surface area contributed by atoms with E-state index in [0.29, 0.717) is 69.8 Å². The van der Waals surface area contributed by atoms with E-state index < -0.39 is 38.6 Å². The Hall–Kier alpha value is -6.40. The number of H-pyrrole nitrogens is 1. The topological polar surface area (TPSA) is 168 Å². The number of ether oxygens (including phenoxy) is 1. The third-order valence-corrected chi connectivity index (χ3v) is 16.3. The zero-order valence-corrected chi connectivity index (χ0v) is 38.5. The Kier molecular flexibility index (Phi) is 9.31. The molecule has 4 aromatic heterocycles. The first-order chi connectivity index (χ1) is 31.4. The Morgan fingerprint density at radius 3 is 2.41 bits per heavy atom. The van der Waals surface area contributed by atoms with Gasteiger partial charge in [-0.3, -0.25) is 23.4 Å². The van der Waals surface area contributed by atoms with Crippen molar-refractivity contribution in [3.63, 3.8) is 0 Å². The number of aromatic amines is 1. The molecular formula is C48H49F2N9O6S. The highest BCUT2D eigenvalue weighted by molar-refractivity contribution is 7.93. The largest absolute Gasteiger partial charge is 0.438 e. The zero-order valence-electron chi connectivity index (χ0n) is 37.6. The fourth-order valence-electron chi connectivity index (χ4n) is 11.0. The van der Waals surface area contributed by atoms with Crippen LogP contribution in [0.4, 0.5) is 8.78 Å². The van der Waals surface area contributed by atoms with Gasteiger partial charge in [0, 0.05) is 60.3 Å². The second-order valence-corrected chi connectivity index (χ2v) is 21.5. The fraction of sp³-hybridized carbons (Fsp3) is 0.396. The highest BCUT2D eigenvalue weighted by atomic mass is 32.2. The first kappa shape index (κ1) is 42.2. The minimum absolute atomic E-state index is 0.0129. The number of amides is 1. The number of aromatic nitrogens is 7. The fourth-order valence-corrected chi connectivity index (χ4v) is 12.4. The van der Waals surface area contributed by atoms with Crippen LogP contribution in [0, 0.1) is 31.4 Å². The molecule has 0 unspecified atom stereocenters. The molecule has 1 saturated carbocycles. The predicted octanol–water partition coefficient (Wildman–Crippen LogP) is 7.53. The van der Waals surface area contributed by atoms with Crippen molar-refractivity contribution >= 4 is 26.5 Å². The average Bonchev–Trinajstić information content (AvgIpc) is 3.87. The number of nitrogens with zero attached hydrogens (tertiary/aromatic N) is 8. The smallest absolute Gasteiger partial charge is 0.376 e. The van der Waals surface area contributed by atoms with E-state index in [-0.39, 0.29) is 53.5 Å². The molecule has 5 atom stereocenters. The van der Waals surface area contributed by atoms with Crippen molar-refractivity contribution in [3.8, 4) is 17.2 Å². The number of aryl methyl sites for hydroxylation is 2. The lowest BCUT2D eigenvalue weighted by molar-refractivity contribution is -0.0592. The number of imidazole rings is 1. The Morgan fingerprint density at radius 2 is 1.71 bits per heavy atom. The summed E-state index contributed by atoms with van der Waals surface area (Å²) in [7, 11) is -2.76. The number of hydrogen-bond donors (Lipinski definition) is 1. The molecule has 3 aliphatic heterocycles. The van der Waals surface area contributed by atoms with Gasteiger partial charge in [-0.15, -0.1) is 0 Å². The van der Waals surface area contributed by atoms with Crippen molar-refractivity contribution < 1.29 is 27.0 Å². The van der Waals surface area contributed by atoms with Crippen LogP contribution in [-0.2, 0) is 33.0 Å². The van der Waals surface area contributed by atoms with E-state index in [2.05, 4.69) is 53.5 Å². The normalized spacial score (nSPS) is 24.4. The van der Waals surface area contributed by atoms with Gasteiger partial charge < -0.3 is 14.2 Å². The summed E-state index contributed by atoms with van der Waals surface area (Å²) >= 11 is 0. The maximum atomic E-state index is 16.2. The molecule has 18 heteroatoms. The molecule has 0 radical (unpaired) electrons. The minimum atomic E-state index is -2.76. The molecule has 7 aromatic rings. The number of carbonyl (C=O) groups is 1. The van der Waals surface area contributed by atoms with Crippen molar-refractivity contribution in [2.45, 2.75) is 102 Å². The monoisotopic (exact) mass is 917 g/mol. The van der Waals surface area contributed by atoms with Gasteiger partial charge in [0.15, 0.2) is 11.6 Å². The van der Waals surface area contributed by atoms with Gasteiger partial charge in [-0.2, -0.15) is 5.10 Å². The molecule has 1 N–H and O–H groups in total. The molecule has 15 nitrogen and oxygen atoms in total. The Morgan fingerprint density at radius 1 is 0.970 bits per heavy atom. The highest BCUT2D eigenvalue weighted by Crippen LogP contribution is 2.56. The molecule has 2 fully saturated rings. The molecule has 342 valence electrons. The number of nitrogens with one attached hydrogen (secondary N) is 1. The summed E-state index contributed by atoms with van der Waals surface area (Å²) in [6, 6.07) is 13.9. The molecule has 7 heterocycles. The Labute approximate surface area is 378 Å². The van der Waals surface area contributed by atoms with Crippen LogP contribution >= 0.6 is 0 Å². The van der Waals surface area contributed by atoms with Crippen molar-refractivity contribution in [1.29, 1.82) is 0 Å². The van der Waals surface area contributed by atoms with Gasteiger partial charge in [0.25, 0.3) is 5.91 Å². The summed E-state index contributed by atoms with van der Waals surface area (Å²) in [5.41, 5.74) is 3.24. The van der Waals surface area contributed by atoms with Gasteiger partial charge in [-0.1, -0.05) is 18.1 Å². The maximum Gasteiger partial charge on any atom is 0.438 e. The van der Waals surface area contributed by atoms with Gasteiger partial charge in [0.2, 0.25) is 0 Å². The van der Waals surface area contributed by atoms with Crippen LogP contribution in [0.2, 0.25) is 0 Å². The van der Waals surface area contributed by atoms with Gasteiger partial charge in [-0.25, -0.2) is 31.6 Å². The molecular weight excluding hydrogens is 869 g/mol. The van der Waals surface area contributed by atoms with Crippen molar-refractivity contribution in [2.75, 3.05) is 19.4 Å².